The highest BCUT2D eigenvalue weighted by Gasteiger charge is 2.28. The van der Waals surface area contributed by atoms with E-state index in [0.29, 0.717) is 25.6 Å². The Morgan fingerprint density at radius 1 is 1.50 bits per heavy atom. The normalized spacial score (nSPS) is 19.2. The minimum absolute atomic E-state index is 0.0243. The van der Waals surface area contributed by atoms with E-state index in [0.717, 1.165) is 6.42 Å². The Hall–Kier alpha value is -1.75. The molecule has 0 radical (unpaired) electrons. The number of carbonyl (C=O) groups is 1. The van der Waals surface area contributed by atoms with E-state index in [-0.39, 0.29) is 23.0 Å². The summed E-state index contributed by atoms with van der Waals surface area (Å²) in [6.07, 6.45) is 0.902. The molecule has 5 heteroatoms. The molecule has 18 heavy (non-hydrogen) atoms. The van der Waals surface area contributed by atoms with Gasteiger partial charge in [-0.25, -0.2) is 0 Å². The third kappa shape index (κ3) is 2.56. The SMILES string of the molecule is COCC1CCN(C(=O)c2cc(O)ccc2O)C1. The molecule has 0 saturated carbocycles. The molecule has 0 spiro atoms. The fourth-order valence-electron chi connectivity index (χ4n) is 2.25. The molecular weight excluding hydrogens is 234 g/mol. The summed E-state index contributed by atoms with van der Waals surface area (Å²) in [5.41, 5.74) is 0.146. The van der Waals surface area contributed by atoms with Crippen molar-refractivity contribution in [2.75, 3.05) is 26.8 Å². The number of likely N-dealkylation sites (tertiary alicyclic amines) is 1. The zero-order chi connectivity index (χ0) is 13.1. The van der Waals surface area contributed by atoms with E-state index in [1.165, 1.54) is 18.2 Å². The lowest BCUT2D eigenvalue weighted by molar-refractivity contribution is 0.0772. The Kier molecular flexibility index (Phi) is 3.72. The first kappa shape index (κ1) is 12.7. The first-order chi connectivity index (χ1) is 8.61. The smallest absolute Gasteiger partial charge is 0.257 e. The van der Waals surface area contributed by atoms with Gasteiger partial charge in [-0.2, -0.15) is 0 Å². The van der Waals surface area contributed by atoms with Crippen LogP contribution in [0.15, 0.2) is 18.2 Å². The molecule has 2 N–H and O–H groups in total. The van der Waals surface area contributed by atoms with Gasteiger partial charge in [0.15, 0.2) is 0 Å². The number of phenolic OH excluding ortho intramolecular Hbond substituents is 2. The number of ether oxygens (including phenoxy) is 1. The van der Waals surface area contributed by atoms with Gasteiger partial charge >= 0.3 is 0 Å². The summed E-state index contributed by atoms with van der Waals surface area (Å²) in [6, 6.07) is 3.97. The van der Waals surface area contributed by atoms with Crippen LogP contribution in [0.1, 0.15) is 16.8 Å². The Balaban J connectivity index is 2.10. The van der Waals surface area contributed by atoms with Gasteiger partial charge in [-0.05, 0) is 24.6 Å². The van der Waals surface area contributed by atoms with Crippen LogP contribution in [-0.4, -0.2) is 47.8 Å². The van der Waals surface area contributed by atoms with E-state index in [1.54, 1.807) is 12.0 Å². The van der Waals surface area contributed by atoms with E-state index in [9.17, 15) is 15.0 Å². The van der Waals surface area contributed by atoms with Crippen LogP contribution in [0, 0.1) is 5.92 Å². The van der Waals surface area contributed by atoms with E-state index in [4.69, 9.17) is 4.74 Å². The molecular formula is C13H17NO4. The summed E-state index contributed by atoms with van der Waals surface area (Å²) in [7, 11) is 1.64. The lowest BCUT2D eigenvalue weighted by Gasteiger charge is -2.17. The van der Waals surface area contributed by atoms with Crippen molar-refractivity contribution < 1.29 is 19.7 Å². The van der Waals surface area contributed by atoms with Crippen molar-refractivity contribution in [1.82, 2.24) is 4.90 Å². The number of aromatic hydroxyl groups is 2. The maximum absolute atomic E-state index is 12.2. The maximum atomic E-state index is 12.2. The summed E-state index contributed by atoms with van der Waals surface area (Å²) >= 11 is 0. The fourth-order valence-corrected chi connectivity index (χ4v) is 2.25. The van der Waals surface area contributed by atoms with Crippen molar-refractivity contribution >= 4 is 5.91 Å². The summed E-state index contributed by atoms with van der Waals surface area (Å²) < 4.78 is 5.08. The van der Waals surface area contributed by atoms with Crippen LogP contribution in [-0.2, 0) is 4.74 Å². The molecule has 1 heterocycles. The zero-order valence-electron chi connectivity index (χ0n) is 10.3. The molecule has 1 unspecified atom stereocenters. The first-order valence-electron chi connectivity index (χ1n) is 5.92. The average Bonchev–Trinajstić information content (AvgIpc) is 2.80. The number of hydrogen-bond acceptors (Lipinski definition) is 4. The topological polar surface area (TPSA) is 70.0 Å². The molecule has 1 fully saturated rings. The Bertz CT molecular complexity index is 447. The van der Waals surface area contributed by atoms with Crippen LogP contribution < -0.4 is 0 Å². The standard InChI is InChI=1S/C13H17NO4/c1-18-8-9-4-5-14(7-9)13(17)11-6-10(15)2-3-12(11)16/h2-3,6,9,15-16H,4-5,7-8H2,1H3. The molecule has 1 aromatic carbocycles. The van der Waals surface area contributed by atoms with Gasteiger partial charge in [-0.3, -0.25) is 4.79 Å². The third-order valence-electron chi connectivity index (χ3n) is 3.19. The minimum atomic E-state index is -0.248. The number of phenols is 2. The molecule has 0 aromatic heterocycles. The lowest BCUT2D eigenvalue weighted by Crippen LogP contribution is -2.29. The average molecular weight is 251 g/mol. The first-order valence-corrected chi connectivity index (χ1v) is 5.92. The predicted molar refractivity (Wildman–Crippen MR) is 65.7 cm³/mol. The van der Waals surface area contributed by atoms with Gasteiger partial charge in [0, 0.05) is 26.1 Å². The highest BCUT2D eigenvalue weighted by atomic mass is 16.5. The van der Waals surface area contributed by atoms with Gasteiger partial charge in [-0.15, -0.1) is 0 Å². The van der Waals surface area contributed by atoms with Crippen molar-refractivity contribution in [1.29, 1.82) is 0 Å². The van der Waals surface area contributed by atoms with Crippen LogP contribution in [0.4, 0.5) is 0 Å². The van der Waals surface area contributed by atoms with Crippen LogP contribution in [0.3, 0.4) is 0 Å². The van der Waals surface area contributed by atoms with Crippen LogP contribution in [0.5, 0.6) is 11.5 Å². The molecule has 1 aromatic rings. The van der Waals surface area contributed by atoms with Crippen molar-refractivity contribution in [3.63, 3.8) is 0 Å². The van der Waals surface area contributed by atoms with E-state index < -0.39 is 0 Å². The van der Waals surface area contributed by atoms with E-state index >= 15 is 0 Å². The van der Waals surface area contributed by atoms with Crippen LogP contribution in [0.2, 0.25) is 0 Å². The highest BCUT2D eigenvalue weighted by Crippen LogP contribution is 2.26. The van der Waals surface area contributed by atoms with Gasteiger partial charge in [0.1, 0.15) is 11.5 Å². The van der Waals surface area contributed by atoms with Gasteiger partial charge in [0.25, 0.3) is 5.91 Å². The molecule has 0 aliphatic carbocycles. The Morgan fingerprint density at radius 2 is 2.28 bits per heavy atom. The maximum Gasteiger partial charge on any atom is 0.257 e. The number of nitrogens with zero attached hydrogens (tertiary/aromatic N) is 1. The van der Waals surface area contributed by atoms with Crippen LogP contribution in [0.25, 0.3) is 0 Å². The molecule has 5 nitrogen and oxygen atoms in total. The molecule has 1 aliphatic heterocycles. The molecule has 1 amide bonds. The molecule has 0 bridgehead atoms. The third-order valence-corrected chi connectivity index (χ3v) is 3.19. The van der Waals surface area contributed by atoms with Crippen molar-refractivity contribution in [3.8, 4) is 11.5 Å². The fraction of sp³-hybridized carbons (Fsp3) is 0.462. The summed E-state index contributed by atoms with van der Waals surface area (Å²) in [6.45, 7) is 1.92. The van der Waals surface area contributed by atoms with Crippen molar-refractivity contribution in [2.45, 2.75) is 6.42 Å². The largest absolute Gasteiger partial charge is 0.508 e. The lowest BCUT2D eigenvalue weighted by atomic mass is 10.1. The molecule has 2 rings (SSSR count). The zero-order valence-corrected chi connectivity index (χ0v) is 10.3. The van der Waals surface area contributed by atoms with E-state index in [2.05, 4.69) is 0 Å². The second kappa shape index (κ2) is 5.27. The predicted octanol–water partition coefficient (Wildman–Crippen LogP) is 1.21. The van der Waals surface area contributed by atoms with Crippen LogP contribution >= 0.6 is 0 Å². The number of benzene rings is 1. The van der Waals surface area contributed by atoms with Gasteiger partial charge in [-0.1, -0.05) is 0 Å². The van der Waals surface area contributed by atoms with Gasteiger partial charge < -0.3 is 19.8 Å². The van der Waals surface area contributed by atoms with Gasteiger partial charge in [0.05, 0.1) is 12.2 Å². The summed E-state index contributed by atoms with van der Waals surface area (Å²) in [4.78, 5) is 13.9. The highest BCUT2D eigenvalue weighted by molar-refractivity contribution is 5.97. The van der Waals surface area contributed by atoms with Crippen molar-refractivity contribution in [3.05, 3.63) is 23.8 Å². The second-order valence-corrected chi connectivity index (χ2v) is 4.56. The second-order valence-electron chi connectivity index (χ2n) is 4.56. The number of methoxy groups -OCH3 is 1. The summed E-state index contributed by atoms with van der Waals surface area (Å²) in [5.74, 6) is -0.0304. The van der Waals surface area contributed by atoms with E-state index in [1.807, 2.05) is 0 Å². The Labute approximate surface area is 106 Å². The molecule has 1 saturated heterocycles. The number of carbonyl (C=O) groups excluding carboxylic acids is 1. The Morgan fingerprint density at radius 3 is 3.00 bits per heavy atom. The number of rotatable bonds is 3. The number of hydrogen-bond donors (Lipinski definition) is 2. The molecule has 1 atom stereocenters. The monoisotopic (exact) mass is 251 g/mol. The van der Waals surface area contributed by atoms with Gasteiger partial charge in [0.2, 0.25) is 0 Å². The molecule has 1 aliphatic rings. The number of amides is 1. The van der Waals surface area contributed by atoms with Crippen molar-refractivity contribution in [2.24, 2.45) is 5.92 Å². The summed E-state index contributed by atoms with van der Waals surface area (Å²) in [5, 5.41) is 19.0. The minimum Gasteiger partial charge on any atom is -0.508 e. The molecule has 98 valence electrons. The quantitative estimate of drug-likeness (QED) is 0.792.